The molecule has 0 bridgehead atoms. The van der Waals surface area contributed by atoms with Gasteiger partial charge >= 0.3 is 0 Å². The number of benzene rings is 1. The zero-order valence-corrected chi connectivity index (χ0v) is 8.32. The van der Waals surface area contributed by atoms with Crippen LogP contribution in [0.1, 0.15) is 23.7 Å². The van der Waals surface area contributed by atoms with Crippen LogP contribution in [0.2, 0.25) is 0 Å². The van der Waals surface area contributed by atoms with Crippen LogP contribution in [0.15, 0.2) is 0 Å². The molecule has 0 saturated carbocycles. The van der Waals surface area contributed by atoms with Crippen LogP contribution in [0, 0.1) is 23.3 Å². The molecular weight excluding hydrogens is 228 g/mol. The Labute approximate surface area is 88.8 Å². The average Bonchev–Trinajstić information content (AvgIpc) is 2.29. The molecule has 2 nitrogen and oxygen atoms in total. The monoisotopic (exact) mass is 236 g/mol. The number of hydrogen-bond donors (Lipinski definition) is 0. The summed E-state index contributed by atoms with van der Waals surface area (Å²) < 4.78 is 56.4. The van der Waals surface area contributed by atoms with Crippen molar-refractivity contribution in [1.82, 2.24) is 0 Å². The van der Waals surface area contributed by atoms with E-state index in [1.54, 1.807) is 6.92 Å². The molecule has 0 aromatic heterocycles. The van der Waals surface area contributed by atoms with Crippen LogP contribution in [-0.4, -0.2) is 12.9 Å². The molecule has 0 heterocycles. The highest BCUT2D eigenvalue weighted by atomic mass is 19.2. The Morgan fingerprint density at radius 1 is 1.06 bits per heavy atom. The van der Waals surface area contributed by atoms with Gasteiger partial charge in [0.1, 0.15) is 0 Å². The summed E-state index contributed by atoms with van der Waals surface area (Å²) in [6.45, 7) is 1.64. The topological polar surface area (TPSA) is 26.3 Å². The molecule has 0 atom stereocenters. The Hall–Kier alpha value is -1.59. The minimum Gasteiger partial charge on any atom is -0.490 e. The van der Waals surface area contributed by atoms with E-state index in [1.807, 2.05) is 0 Å². The Bertz CT molecular complexity index is 418. The van der Waals surface area contributed by atoms with Crippen molar-refractivity contribution in [3.63, 3.8) is 0 Å². The van der Waals surface area contributed by atoms with E-state index < -0.39 is 34.6 Å². The molecule has 0 saturated heterocycles. The van der Waals surface area contributed by atoms with Gasteiger partial charge in [0.15, 0.2) is 23.7 Å². The number of hydrogen-bond acceptors (Lipinski definition) is 2. The molecule has 88 valence electrons. The van der Waals surface area contributed by atoms with Crippen LogP contribution < -0.4 is 4.74 Å². The third kappa shape index (κ3) is 2.00. The van der Waals surface area contributed by atoms with Crippen molar-refractivity contribution in [3.8, 4) is 5.75 Å². The van der Waals surface area contributed by atoms with Crippen LogP contribution >= 0.6 is 0 Å². The molecule has 0 aliphatic carbocycles. The highest BCUT2D eigenvalue weighted by Crippen LogP contribution is 2.29. The number of aldehydes is 1. The second-order valence-electron chi connectivity index (χ2n) is 2.97. The number of ether oxygens (including phenoxy) is 1. The molecule has 0 aliphatic rings. The van der Waals surface area contributed by atoms with E-state index >= 15 is 0 Å². The van der Waals surface area contributed by atoms with E-state index in [9.17, 15) is 22.4 Å². The molecule has 0 amide bonds. The van der Waals surface area contributed by atoms with Gasteiger partial charge in [-0.1, -0.05) is 6.92 Å². The zero-order valence-electron chi connectivity index (χ0n) is 8.32. The van der Waals surface area contributed by atoms with E-state index in [2.05, 4.69) is 4.74 Å². The van der Waals surface area contributed by atoms with E-state index in [1.165, 1.54) is 0 Å². The van der Waals surface area contributed by atoms with Gasteiger partial charge in [0, 0.05) is 0 Å². The molecular formula is C10H8F4O2. The lowest BCUT2D eigenvalue weighted by Crippen LogP contribution is -2.08. The van der Waals surface area contributed by atoms with Crippen molar-refractivity contribution in [2.45, 2.75) is 13.3 Å². The second-order valence-corrected chi connectivity index (χ2v) is 2.97. The van der Waals surface area contributed by atoms with E-state index in [-0.39, 0.29) is 12.9 Å². The highest BCUT2D eigenvalue weighted by Gasteiger charge is 2.26. The van der Waals surface area contributed by atoms with Crippen molar-refractivity contribution in [2.75, 3.05) is 6.61 Å². The Morgan fingerprint density at radius 2 is 1.62 bits per heavy atom. The average molecular weight is 236 g/mol. The molecule has 0 radical (unpaired) electrons. The Kier molecular flexibility index (Phi) is 3.87. The van der Waals surface area contributed by atoms with Gasteiger partial charge in [-0.25, -0.2) is 13.2 Å². The number of carbonyl (C=O) groups excluding carboxylic acids is 1. The lowest BCUT2D eigenvalue weighted by Gasteiger charge is -2.10. The third-order valence-electron chi connectivity index (χ3n) is 1.83. The molecule has 1 rings (SSSR count). The summed E-state index contributed by atoms with van der Waals surface area (Å²) in [6, 6.07) is 0. The first-order valence-corrected chi connectivity index (χ1v) is 4.48. The fourth-order valence-corrected chi connectivity index (χ4v) is 1.08. The fourth-order valence-electron chi connectivity index (χ4n) is 1.08. The Balaban J connectivity index is 3.38. The van der Waals surface area contributed by atoms with E-state index in [4.69, 9.17) is 0 Å². The Morgan fingerprint density at radius 3 is 2.12 bits per heavy atom. The summed E-state index contributed by atoms with van der Waals surface area (Å²) in [7, 11) is 0. The molecule has 0 unspecified atom stereocenters. The van der Waals surface area contributed by atoms with Gasteiger partial charge in [-0.15, -0.1) is 0 Å². The van der Waals surface area contributed by atoms with Crippen molar-refractivity contribution in [2.24, 2.45) is 0 Å². The van der Waals surface area contributed by atoms with Crippen molar-refractivity contribution in [1.29, 1.82) is 0 Å². The van der Waals surface area contributed by atoms with E-state index in [0.717, 1.165) is 0 Å². The molecule has 0 aliphatic heterocycles. The number of carbonyl (C=O) groups is 1. The lowest BCUT2D eigenvalue weighted by atomic mass is 10.2. The SMILES string of the molecule is CCCOc1c(F)c(F)c(F)c(F)c1C=O. The van der Waals surface area contributed by atoms with Crippen LogP contribution in [0.5, 0.6) is 5.75 Å². The van der Waals surface area contributed by atoms with Gasteiger partial charge in [0.2, 0.25) is 11.6 Å². The number of halogens is 4. The first kappa shape index (κ1) is 12.5. The van der Waals surface area contributed by atoms with Crippen molar-refractivity contribution in [3.05, 3.63) is 28.8 Å². The minimum absolute atomic E-state index is 0.0394. The maximum atomic E-state index is 13.1. The lowest BCUT2D eigenvalue weighted by molar-refractivity contribution is 0.111. The fraction of sp³-hybridized carbons (Fsp3) is 0.300. The summed E-state index contributed by atoms with van der Waals surface area (Å²) in [5, 5.41) is 0. The molecule has 16 heavy (non-hydrogen) atoms. The summed E-state index contributed by atoms with van der Waals surface area (Å²) >= 11 is 0. The quantitative estimate of drug-likeness (QED) is 0.348. The largest absolute Gasteiger partial charge is 0.490 e. The first-order chi connectivity index (χ1) is 7.54. The van der Waals surface area contributed by atoms with Crippen LogP contribution in [0.4, 0.5) is 17.6 Å². The predicted octanol–water partition coefficient (Wildman–Crippen LogP) is 2.84. The smallest absolute Gasteiger partial charge is 0.204 e. The predicted molar refractivity (Wildman–Crippen MR) is 47.4 cm³/mol. The van der Waals surface area contributed by atoms with Gasteiger partial charge in [-0.2, -0.15) is 4.39 Å². The molecule has 0 fully saturated rings. The highest BCUT2D eigenvalue weighted by molar-refractivity contribution is 5.80. The zero-order chi connectivity index (χ0) is 12.3. The molecule has 0 N–H and O–H groups in total. The second kappa shape index (κ2) is 4.96. The van der Waals surface area contributed by atoms with Crippen LogP contribution in [0.3, 0.4) is 0 Å². The standard InChI is InChI=1S/C10H8F4O2/c1-2-3-16-10-5(4-15)6(11)7(12)8(13)9(10)14/h4H,2-3H2,1H3. The normalized spacial score (nSPS) is 10.3. The van der Waals surface area contributed by atoms with Crippen molar-refractivity contribution < 1.29 is 27.1 Å². The molecule has 6 heteroatoms. The first-order valence-electron chi connectivity index (χ1n) is 4.48. The van der Waals surface area contributed by atoms with Gasteiger partial charge in [0.05, 0.1) is 12.2 Å². The maximum Gasteiger partial charge on any atom is 0.204 e. The molecule has 1 aromatic rings. The summed E-state index contributed by atoms with van der Waals surface area (Å²) in [5.41, 5.74) is -0.954. The third-order valence-corrected chi connectivity index (χ3v) is 1.83. The van der Waals surface area contributed by atoms with Gasteiger partial charge in [-0.3, -0.25) is 4.79 Å². The molecule has 1 aromatic carbocycles. The van der Waals surface area contributed by atoms with E-state index in [0.29, 0.717) is 6.42 Å². The summed E-state index contributed by atoms with van der Waals surface area (Å²) in [5.74, 6) is -8.36. The summed E-state index contributed by atoms with van der Waals surface area (Å²) in [6.07, 6.45) is 0.324. The maximum absolute atomic E-state index is 13.1. The van der Waals surface area contributed by atoms with Gasteiger partial charge in [-0.05, 0) is 6.42 Å². The van der Waals surface area contributed by atoms with Crippen LogP contribution in [0.25, 0.3) is 0 Å². The minimum atomic E-state index is -2.02. The summed E-state index contributed by atoms with van der Waals surface area (Å²) in [4.78, 5) is 10.5. The van der Waals surface area contributed by atoms with Crippen molar-refractivity contribution >= 4 is 6.29 Å². The molecule has 0 spiro atoms. The van der Waals surface area contributed by atoms with Gasteiger partial charge < -0.3 is 4.74 Å². The van der Waals surface area contributed by atoms with Crippen LogP contribution in [-0.2, 0) is 0 Å². The number of rotatable bonds is 4. The van der Waals surface area contributed by atoms with Gasteiger partial charge in [0.25, 0.3) is 0 Å².